The van der Waals surface area contributed by atoms with Crippen molar-refractivity contribution in [3.05, 3.63) is 182 Å². The number of hydrogen-bond acceptors (Lipinski definition) is 1. The van der Waals surface area contributed by atoms with Crippen molar-refractivity contribution < 1.29 is 4.42 Å². The van der Waals surface area contributed by atoms with Crippen molar-refractivity contribution >= 4 is 76.3 Å². The molecule has 1 aliphatic carbocycles. The molecule has 55 heavy (non-hydrogen) atoms. The molecule has 0 amide bonds. The van der Waals surface area contributed by atoms with E-state index >= 15 is 0 Å². The van der Waals surface area contributed by atoms with E-state index in [1.54, 1.807) is 0 Å². The largest absolute Gasteiger partial charge is 0.455 e. The molecule has 12 aromatic rings. The molecule has 0 aliphatic heterocycles. The summed E-state index contributed by atoms with van der Waals surface area (Å²) < 4.78 is 11.8. The predicted octanol–water partition coefficient (Wildman–Crippen LogP) is 14.2. The molecule has 3 nitrogen and oxygen atoms in total. The molecule has 0 spiro atoms. The number of benzene rings is 9. The van der Waals surface area contributed by atoms with Gasteiger partial charge in [0, 0.05) is 38.0 Å². The summed E-state index contributed by atoms with van der Waals surface area (Å²) in [4.78, 5) is 0. The molecule has 0 unspecified atom stereocenters. The standard InChI is InChI=1S/C52H30N2O/c1-2-11-31(12-3-1)32-21-23-33(24-22-32)53-43-19-8-6-16-41(43)49-45(53)30-27-42-50-46(29-26-39-36-15-7-9-20-47(36)55-52(39)50)54(51(42)49)44-28-25-38-35-14-5-4-13-34(35)37-17-10-18-40(44)48(37)38/h1-30H. The Morgan fingerprint density at radius 1 is 0.327 bits per heavy atom. The van der Waals surface area contributed by atoms with Crippen LogP contribution in [-0.4, -0.2) is 9.13 Å². The zero-order valence-corrected chi connectivity index (χ0v) is 29.6. The van der Waals surface area contributed by atoms with E-state index in [2.05, 4.69) is 191 Å². The van der Waals surface area contributed by atoms with E-state index in [0.29, 0.717) is 0 Å². The topological polar surface area (TPSA) is 23.0 Å². The van der Waals surface area contributed by atoms with E-state index in [1.807, 2.05) is 0 Å². The van der Waals surface area contributed by atoms with Crippen LogP contribution in [0.15, 0.2) is 186 Å². The molecular weight excluding hydrogens is 669 g/mol. The molecule has 1 aliphatic rings. The summed E-state index contributed by atoms with van der Waals surface area (Å²) in [5.41, 5.74) is 16.4. The van der Waals surface area contributed by atoms with Crippen LogP contribution < -0.4 is 0 Å². The second kappa shape index (κ2) is 10.6. The third-order valence-corrected chi connectivity index (χ3v) is 12.1. The van der Waals surface area contributed by atoms with Gasteiger partial charge in [-0.2, -0.15) is 0 Å². The Balaban J connectivity index is 1.19. The number of rotatable bonds is 3. The molecule has 0 saturated carbocycles. The summed E-state index contributed by atoms with van der Waals surface area (Å²) in [5, 5.41) is 9.60. The van der Waals surface area contributed by atoms with Crippen molar-refractivity contribution in [2.45, 2.75) is 0 Å². The van der Waals surface area contributed by atoms with Gasteiger partial charge < -0.3 is 13.6 Å². The number of para-hydroxylation sites is 2. The Kier molecular flexibility index (Phi) is 5.63. The van der Waals surface area contributed by atoms with Crippen molar-refractivity contribution in [3.63, 3.8) is 0 Å². The van der Waals surface area contributed by atoms with E-state index < -0.39 is 0 Å². The zero-order valence-electron chi connectivity index (χ0n) is 29.6. The Hall–Kier alpha value is -7.36. The highest BCUT2D eigenvalue weighted by Gasteiger charge is 2.27. The minimum Gasteiger partial charge on any atom is -0.455 e. The first kappa shape index (κ1) is 29.1. The van der Waals surface area contributed by atoms with Crippen LogP contribution in [0.5, 0.6) is 0 Å². The lowest BCUT2D eigenvalue weighted by atomic mass is 10.0. The molecule has 0 atom stereocenters. The summed E-state index contributed by atoms with van der Waals surface area (Å²) in [6.45, 7) is 0. The molecule has 254 valence electrons. The van der Waals surface area contributed by atoms with Crippen LogP contribution in [-0.2, 0) is 0 Å². The maximum Gasteiger partial charge on any atom is 0.145 e. The number of furan rings is 1. The maximum absolute atomic E-state index is 6.80. The summed E-state index contributed by atoms with van der Waals surface area (Å²) in [7, 11) is 0. The van der Waals surface area contributed by atoms with Gasteiger partial charge in [0.2, 0.25) is 0 Å². The third kappa shape index (κ3) is 3.79. The van der Waals surface area contributed by atoms with Gasteiger partial charge in [-0.1, -0.05) is 127 Å². The lowest BCUT2D eigenvalue weighted by Gasteiger charge is -2.14. The number of fused-ring (bicyclic) bond motifs is 14. The van der Waals surface area contributed by atoms with Gasteiger partial charge in [-0.25, -0.2) is 0 Å². The zero-order chi connectivity index (χ0) is 35.8. The van der Waals surface area contributed by atoms with E-state index in [9.17, 15) is 0 Å². The molecular formula is C52H30N2O. The van der Waals surface area contributed by atoms with Crippen molar-refractivity contribution in [3.8, 4) is 44.8 Å². The van der Waals surface area contributed by atoms with E-state index in [1.165, 1.54) is 82.5 Å². The minimum atomic E-state index is 0.908. The predicted molar refractivity (Wildman–Crippen MR) is 230 cm³/mol. The van der Waals surface area contributed by atoms with Gasteiger partial charge in [0.1, 0.15) is 11.2 Å². The van der Waals surface area contributed by atoms with Gasteiger partial charge in [-0.05, 0) is 93.4 Å². The maximum atomic E-state index is 6.80. The molecule has 13 rings (SSSR count). The molecule has 3 aromatic heterocycles. The molecule has 3 heteroatoms. The molecule has 0 bridgehead atoms. The highest BCUT2D eigenvalue weighted by molar-refractivity contribution is 6.31. The number of nitrogens with zero attached hydrogens (tertiary/aromatic N) is 2. The second-order valence-corrected chi connectivity index (χ2v) is 14.8. The normalized spacial score (nSPS) is 12.4. The SMILES string of the molecule is c1ccc(-c2ccc(-n3c4ccccc4c4c3ccc3c5c6oc7ccccc7c6ccc5n(-c5ccc6c7c(cccc57)-c5ccccc5-6)c34)cc2)cc1. The quantitative estimate of drug-likeness (QED) is 0.180. The first-order valence-electron chi connectivity index (χ1n) is 18.9. The smallest absolute Gasteiger partial charge is 0.145 e. The summed E-state index contributed by atoms with van der Waals surface area (Å²) >= 11 is 0. The van der Waals surface area contributed by atoms with Gasteiger partial charge in [0.25, 0.3) is 0 Å². The molecule has 0 fully saturated rings. The van der Waals surface area contributed by atoms with Crippen molar-refractivity contribution in [1.29, 1.82) is 0 Å². The Labute approximate surface area is 315 Å². The van der Waals surface area contributed by atoms with Gasteiger partial charge in [0.05, 0.1) is 33.1 Å². The molecule has 0 N–H and O–H groups in total. The Bertz CT molecular complexity index is 3550. The lowest BCUT2D eigenvalue weighted by Crippen LogP contribution is -1.97. The fourth-order valence-corrected chi connectivity index (χ4v) is 9.77. The van der Waals surface area contributed by atoms with Crippen molar-refractivity contribution in [1.82, 2.24) is 9.13 Å². The van der Waals surface area contributed by atoms with Crippen LogP contribution in [0.25, 0.3) is 121 Å². The van der Waals surface area contributed by atoms with Crippen molar-refractivity contribution in [2.24, 2.45) is 0 Å². The number of hydrogen-bond donors (Lipinski definition) is 0. The highest BCUT2D eigenvalue weighted by atomic mass is 16.3. The van der Waals surface area contributed by atoms with Crippen LogP contribution >= 0.6 is 0 Å². The third-order valence-electron chi connectivity index (χ3n) is 12.1. The Morgan fingerprint density at radius 2 is 0.964 bits per heavy atom. The minimum absolute atomic E-state index is 0.908. The summed E-state index contributed by atoms with van der Waals surface area (Å²) in [5.74, 6) is 0. The fourth-order valence-electron chi connectivity index (χ4n) is 9.77. The summed E-state index contributed by atoms with van der Waals surface area (Å²) in [6.07, 6.45) is 0. The van der Waals surface area contributed by atoms with Gasteiger partial charge in [0.15, 0.2) is 0 Å². The fraction of sp³-hybridized carbons (Fsp3) is 0. The monoisotopic (exact) mass is 698 g/mol. The van der Waals surface area contributed by atoms with Crippen LogP contribution in [0.4, 0.5) is 0 Å². The van der Waals surface area contributed by atoms with Gasteiger partial charge >= 0.3 is 0 Å². The highest BCUT2D eigenvalue weighted by Crippen LogP contribution is 2.51. The van der Waals surface area contributed by atoms with Crippen LogP contribution in [0, 0.1) is 0 Å². The molecule has 0 radical (unpaired) electrons. The van der Waals surface area contributed by atoms with Crippen LogP contribution in [0.3, 0.4) is 0 Å². The van der Waals surface area contributed by atoms with Gasteiger partial charge in [-0.3, -0.25) is 0 Å². The molecule has 0 saturated heterocycles. The second-order valence-electron chi connectivity index (χ2n) is 14.8. The first-order valence-corrected chi connectivity index (χ1v) is 18.9. The van der Waals surface area contributed by atoms with E-state index in [-0.39, 0.29) is 0 Å². The summed E-state index contributed by atoms with van der Waals surface area (Å²) in [6, 6.07) is 66.4. The van der Waals surface area contributed by atoms with Crippen molar-refractivity contribution in [2.75, 3.05) is 0 Å². The van der Waals surface area contributed by atoms with Crippen LogP contribution in [0.2, 0.25) is 0 Å². The average molecular weight is 699 g/mol. The van der Waals surface area contributed by atoms with E-state index in [0.717, 1.165) is 38.5 Å². The van der Waals surface area contributed by atoms with Crippen LogP contribution in [0.1, 0.15) is 0 Å². The number of aromatic nitrogens is 2. The Morgan fingerprint density at radius 3 is 1.80 bits per heavy atom. The van der Waals surface area contributed by atoms with Gasteiger partial charge in [-0.15, -0.1) is 0 Å². The molecule has 3 heterocycles. The lowest BCUT2D eigenvalue weighted by molar-refractivity contribution is 0.673. The molecule has 9 aromatic carbocycles. The first-order chi connectivity index (χ1) is 27.3. The van der Waals surface area contributed by atoms with E-state index in [4.69, 9.17) is 4.42 Å². The average Bonchev–Trinajstić information content (AvgIpc) is 3.99.